The summed E-state index contributed by atoms with van der Waals surface area (Å²) < 4.78 is 10.3. The highest BCUT2D eigenvalue weighted by Crippen LogP contribution is 2.17. The summed E-state index contributed by atoms with van der Waals surface area (Å²) in [4.78, 5) is 37.6. The molecule has 1 heterocycles. The number of piperazine rings is 1. The maximum absolute atomic E-state index is 12.7. The Kier molecular flexibility index (Phi) is 5.78. The number of hydrogen-bond acceptors (Lipinski definition) is 5. The minimum Gasteiger partial charge on any atom is -0.481 e. The van der Waals surface area contributed by atoms with Crippen LogP contribution in [0, 0.1) is 6.92 Å². The average molecular weight is 334 g/mol. The van der Waals surface area contributed by atoms with E-state index in [1.54, 1.807) is 19.1 Å². The summed E-state index contributed by atoms with van der Waals surface area (Å²) >= 11 is 0. The van der Waals surface area contributed by atoms with Crippen LogP contribution < -0.4 is 10.1 Å². The van der Waals surface area contributed by atoms with Crippen molar-refractivity contribution in [2.24, 2.45) is 0 Å². The molecule has 0 unspecified atom stereocenters. The lowest BCUT2D eigenvalue weighted by atomic mass is 10.1. The van der Waals surface area contributed by atoms with Crippen LogP contribution in [0.4, 0.5) is 0 Å². The van der Waals surface area contributed by atoms with Crippen LogP contribution >= 0.6 is 0 Å². The van der Waals surface area contributed by atoms with Crippen LogP contribution in [0.1, 0.15) is 18.9 Å². The number of esters is 1. The molecule has 7 nitrogen and oxygen atoms in total. The van der Waals surface area contributed by atoms with Gasteiger partial charge in [-0.25, -0.2) is 0 Å². The van der Waals surface area contributed by atoms with E-state index in [4.69, 9.17) is 4.74 Å². The number of nitrogens with one attached hydrogen (secondary N) is 1. The highest BCUT2D eigenvalue weighted by Gasteiger charge is 2.37. The van der Waals surface area contributed by atoms with Crippen molar-refractivity contribution in [3.63, 3.8) is 0 Å². The van der Waals surface area contributed by atoms with Crippen molar-refractivity contribution in [3.05, 3.63) is 29.8 Å². The number of aryl methyl sites for hydroxylation is 1. The standard InChI is InChI=1S/C17H22N2O5/c1-11-4-6-13(7-5-11)24-12(2)17(22)19-9-8-18-16(21)14(19)10-15(20)23-3/h4-7,12,14H,8-10H2,1-3H3,(H,18,21)/t12-,14+/m0/s1. The van der Waals surface area contributed by atoms with Gasteiger partial charge < -0.3 is 19.7 Å². The highest BCUT2D eigenvalue weighted by atomic mass is 16.5. The zero-order valence-corrected chi connectivity index (χ0v) is 14.1. The minimum atomic E-state index is -0.872. The Hall–Kier alpha value is -2.57. The van der Waals surface area contributed by atoms with Crippen LogP contribution in [0.5, 0.6) is 5.75 Å². The van der Waals surface area contributed by atoms with Crippen LogP contribution in [0.25, 0.3) is 0 Å². The summed E-state index contributed by atoms with van der Waals surface area (Å²) in [5, 5.41) is 2.66. The Balaban J connectivity index is 2.07. The van der Waals surface area contributed by atoms with Crippen molar-refractivity contribution >= 4 is 17.8 Å². The van der Waals surface area contributed by atoms with Crippen molar-refractivity contribution in [1.82, 2.24) is 10.2 Å². The van der Waals surface area contributed by atoms with E-state index >= 15 is 0 Å². The monoisotopic (exact) mass is 334 g/mol. The molecule has 2 atom stereocenters. The Morgan fingerprint density at radius 3 is 2.62 bits per heavy atom. The van der Waals surface area contributed by atoms with E-state index in [0.29, 0.717) is 18.8 Å². The molecule has 1 aliphatic rings. The molecule has 0 saturated carbocycles. The predicted octanol–water partition coefficient (Wildman–Crippen LogP) is 0.652. The first-order chi connectivity index (χ1) is 11.4. The molecule has 1 aliphatic heterocycles. The van der Waals surface area contributed by atoms with E-state index in [9.17, 15) is 14.4 Å². The van der Waals surface area contributed by atoms with Crippen molar-refractivity contribution in [2.75, 3.05) is 20.2 Å². The van der Waals surface area contributed by atoms with Gasteiger partial charge in [-0.15, -0.1) is 0 Å². The van der Waals surface area contributed by atoms with Gasteiger partial charge in [0.15, 0.2) is 6.10 Å². The third-order valence-corrected chi connectivity index (χ3v) is 3.88. The number of rotatable bonds is 5. The lowest BCUT2D eigenvalue weighted by molar-refractivity contribution is -0.153. The molecule has 1 aromatic rings. The third kappa shape index (κ3) is 4.24. The number of amides is 2. The van der Waals surface area contributed by atoms with Gasteiger partial charge in [-0.05, 0) is 26.0 Å². The molecule has 0 aromatic heterocycles. The van der Waals surface area contributed by atoms with E-state index in [1.807, 2.05) is 19.1 Å². The van der Waals surface area contributed by atoms with Gasteiger partial charge in [0.2, 0.25) is 5.91 Å². The second-order valence-electron chi connectivity index (χ2n) is 5.69. The third-order valence-electron chi connectivity index (χ3n) is 3.88. The molecule has 1 saturated heterocycles. The fraction of sp³-hybridized carbons (Fsp3) is 0.471. The maximum atomic E-state index is 12.7. The lowest BCUT2D eigenvalue weighted by Gasteiger charge is -2.35. The number of carbonyl (C=O) groups is 3. The molecule has 2 rings (SSSR count). The summed E-state index contributed by atoms with van der Waals surface area (Å²) in [5.74, 6) is -0.656. The summed E-state index contributed by atoms with van der Waals surface area (Å²) in [7, 11) is 1.25. The van der Waals surface area contributed by atoms with E-state index in [2.05, 4.69) is 10.1 Å². The van der Waals surface area contributed by atoms with Crippen molar-refractivity contribution < 1.29 is 23.9 Å². The number of nitrogens with zero attached hydrogens (tertiary/aromatic N) is 1. The van der Waals surface area contributed by atoms with E-state index in [1.165, 1.54) is 12.0 Å². The van der Waals surface area contributed by atoms with Crippen LogP contribution in [-0.2, 0) is 19.1 Å². The molecule has 1 aromatic carbocycles. The lowest BCUT2D eigenvalue weighted by Crippen LogP contribution is -2.60. The molecular weight excluding hydrogens is 312 g/mol. The first-order valence-corrected chi connectivity index (χ1v) is 7.80. The summed E-state index contributed by atoms with van der Waals surface area (Å²) in [5.41, 5.74) is 1.09. The van der Waals surface area contributed by atoms with Crippen molar-refractivity contribution in [1.29, 1.82) is 0 Å². The van der Waals surface area contributed by atoms with Crippen molar-refractivity contribution in [3.8, 4) is 5.75 Å². The summed E-state index contributed by atoms with van der Waals surface area (Å²) in [6, 6.07) is 6.48. The van der Waals surface area contributed by atoms with Gasteiger partial charge in [0, 0.05) is 13.1 Å². The minimum absolute atomic E-state index is 0.175. The van der Waals surface area contributed by atoms with Gasteiger partial charge in [0.05, 0.1) is 13.5 Å². The number of methoxy groups -OCH3 is 1. The summed E-state index contributed by atoms with van der Waals surface area (Å²) in [6.45, 7) is 4.26. The van der Waals surface area contributed by atoms with E-state index in [0.717, 1.165) is 5.56 Å². The summed E-state index contributed by atoms with van der Waals surface area (Å²) in [6.07, 6.45) is -0.940. The largest absolute Gasteiger partial charge is 0.481 e. The molecular formula is C17H22N2O5. The number of hydrogen-bond donors (Lipinski definition) is 1. The molecule has 1 fully saturated rings. The van der Waals surface area contributed by atoms with Gasteiger partial charge in [-0.2, -0.15) is 0 Å². The average Bonchev–Trinajstić information content (AvgIpc) is 2.57. The predicted molar refractivity (Wildman–Crippen MR) is 86.4 cm³/mol. The van der Waals surface area contributed by atoms with Gasteiger partial charge >= 0.3 is 5.97 Å². The number of carbonyl (C=O) groups excluding carboxylic acids is 3. The molecule has 1 N–H and O–H groups in total. The van der Waals surface area contributed by atoms with Gasteiger partial charge in [0.1, 0.15) is 11.8 Å². The second kappa shape index (κ2) is 7.81. The van der Waals surface area contributed by atoms with Crippen LogP contribution in [0.3, 0.4) is 0 Å². The molecule has 0 radical (unpaired) electrons. The van der Waals surface area contributed by atoms with Crippen LogP contribution in [0.2, 0.25) is 0 Å². The van der Waals surface area contributed by atoms with Crippen LogP contribution in [0.15, 0.2) is 24.3 Å². The smallest absolute Gasteiger partial charge is 0.308 e. The first kappa shape index (κ1) is 17.8. The topological polar surface area (TPSA) is 84.9 Å². The van der Waals surface area contributed by atoms with Crippen LogP contribution in [-0.4, -0.2) is 55.0 Å². The molecule has 24 heavy (non-hydrogen) atoms. The van der Waals surface area contributed by atoms with E-state index in [-0.39, 0.29) is 18.2 Å². The van der Waals surface area contributed by atoms with Gasteiger partial charge in [0.25, 0.3) is 5.91 Å². The second-order valence-corrected chi connectivity index (χ2v) is 5.69. The Morgan fingerprint density at radius 1 is 1.33 bits per heavy atom. The normalized spacial score (nSPS) is 18.5. The highest BCUT2D eigenvalue weighted by molar-refractivity contribution is 5.93. The zero-order chi connectivity index (χ0) is 17.7. The fourth-order valence-electron chi connectivity index (χ4n) is 2.53. The fourth-order valence-corrected chi connectivity index (χ4v) is 2.53. The van der Waals surface area contributed by atoms with E-state index < -0.39 is 18.1 Å². The molecule has 2 amide bonds. The quantitative estimate of drug-likeness (QED) is 0.799. The van der Waals surface area contributed by atoms with Gasteiger partial charge in [-0.1, -0.05) is 17.7 Å². The molecule has 0 spiro atoms. The maximum Gasteiger partial charge on any atom is 0.308 e. The Morgan fingerprint density at radius 2 is 2.00 bits per heavy atom. The zero-order valence-electron chi connectivity index (χ0n) is 14.1. The number of benzene rings is 1. The Bertz CT molecular complexity index is 614. The SMILES string of the molecule is COC(=O)C[C@@H]1C(=O)NCCN1C(=O)[C@H](C)Oc1ccc(C)cc1. The van der Waals surface area contributed by atoms with Crippen molar-refractivity contribution in [2.45, 2.75) is 32.4 Å². The Labute approximate surface area is 140 Å². The first-order valence-electron chi connectivity index (χ1n) is 7.80. The molecule has 0 aliphatic carbocycles. The van der Waals surface area contributed by atoms with Gasteiger partial charge in [-0.3, -0.25) is 14.4 Å². The molecule has 0 bridgehead atoms. The number of ether oxygens (including phenoxy) is 2. The molecule has 7 heteroatoms. The molecule has 130 valence electrons.